The Morgan fingerprint density at radius 2 is 1.81 bits per heavy atom. The number of Topliss-reactive ketones (excluding diaryl/α,β-unsaturated/α-hetero) is 1. The molecule has 2 heteroatoms. The largest absolute Gasteiger partial charge is 0.322 e. The summed E-state index contributed by atoms with van der Waals surface area (Å²) in [4.78, 5) is 12.3. The molecular formula is C19H17NO. The summed E-state index contributed by atoms with van der Waals surface area (Å²) in [6, 6.07) is 12.6. The monoisotopic (exact) mass is 275 g/mol. The minimum absolute atomic E-state index is 0.271. The number of carbonyl (C=O) groups is 1. The first-order valence-corrected chi connectivity index (χ1v) is 7.47. The van der Waals surface area contributed by atoms with E-state index in [-0.39, 0.29) is 5.78 Å². The van der Waals surface area contributed by atoms with Crippen LogP contribution in [-0.4, -0.2) is 10.2 Å². The maximum absolute atomic E-state index is 12.3. The van der Waals surface area contributed by atoms with Crippen molar-refractivity contribution in [1.29, 1.82) is 0 Å². The number of benzene rings is 1. The molecule has 2 heterocycles. The molecule has 1 aliphatic rings. The summed E-state index contributed by atoms with van der Waals surface area (Å²) in [5, 5.41) is 0. The molecule has 0 radical (unpaired) electrons. The molecule has 0 atom stereocenters. The van der Waals surface area contributed by atoms with E-state index >= 15 is 0 Å². The Labute approximate surface area is 124 Å². The maximum atomic E-state index is 12.3. The third-order valence-corrected chi connectivity index (χ3v) is 4.40. The van der Waals surface area contributed by atoms with E-state index in [1.165, 1.54) is 22.3 Å². The molecule has 104 valence electrons. The van der Waals surface area contributed by atoms with Gasteiger partial charge >= 0.3 is 0 Å². The molecule has 4 rings (SSSR count). The van der Waals surface area contributed by atoms with Crippen LogP contribution in [0.4, 0.5) is 0 Å². The number of rotatable bonds is 1. The molecule has 0 saturated heterocycles. The molecule has 0 N–H and O–H groups in total. The van der Waals surface area contributed by atoms with Crippen molar-refractivity contribution in [2.24, 2.45) is 0 Å². The van der Waals surface area contributed by atoms with E-state index in [1.807, 2.05) is 18.3 Å². The highest BCUT2D eigenvalue weighted by Crippen LogP contribution is 2.34. The van der Waals surface area contributed by atoms with Gasteiger partial charge in [-0.1, -0.05) is 29.8 Å². The van der Waals surface area contributed by atoms with Gasteiger partial charge in [0.2, 0.25) is 0 Å². The van der Waals surface area contributed by atoms with E-state index in [2.05, 4.69) is 41.8 Å². The quantitative estimate of drug-likeness (QED) is 0.643. The molecule has 0 fully saturated rings. The molecular weight excluding hydrogens is 258 g/mol. The second-order valence-corrected chi connectivity index (χ2v) is 5.84. The zero-order valence-corrected chi connectivity index (χ0v) is 12.1. The first kappa shape index (κ1) is 12.4. The molecule has 0 aliphatic heterocycles. The number of nitrogens with zero attached hydrogens (tertiary/aromatic N) is 1. The van der Waals surface area contributed by atoms with E-state index in [9.17, 15) is 4.79 Å². The summed E-state index contributed by atoms with van der Waals surface area (Å²) >= 11 is 0. The molecule has 0 bridgehead atoms. The minimum atomic E-state index is 0.271. The molecule has 2 aromatic heterocycles. The van der Waals surface area contributed by atoms with Gasteiger partial charge in [-0.25, -0.2) is 0 Å². The number of carbonyl (C=O) groups excluding carboxylic acids is 1. The molecule has 21 heavy (non-hydrogen) atoms. The number of ketones is 1. The normalized spacial score (nSPS) is 14.4. The van der Waals surface area contributed by atoms with Crippen LogP contribution in [0.1, 0.15) is 34.3 Å². The predicted molar refractivity (Wildman–Crippen MR) is 84.8 cm³/mol. The first-order valence-electron chi connectivity index (χ1n) is 7.47. The van der Waals surface area contributed by atoms with E-state index in [4.69, 9.17) is 0 Å². The zero-order chi connectivity index (χ0) is 14.4. The average molecular weight is 275 g/mol. The zero-order valence-electron chi connectivity index (χ0n) is 12.1. The Bertz CT molecular complexity index is 840. The number of hydrogen-bond acceptors (Lipinski definition) is 1. The third-order valence-electron chi connectivity index (χ3n) is 4.40. The van der Waals surface area contributed by atoms with Gasteiger partial charge in [-0.3, -0.25) is 4.79 Å². The minimum Gasteiger partial charge on any atom is -0.322 e. The highest BCUT2D eigenvalue weighted by Gasteiger charge is 2.21. The van der Waals surface area contributed by atoms with E-state index in [0.29, 0.717) is 6.42 Å². The van der Waals surface area contributed by atoms with E-state index < -0.39 is 0 Å². The fourth-order valence-electron chi connectivity index (χ4n) is 3.32. The van der Waals surface area contributed by atoms with Crippen LogP contribution < -0.4 is 0 Å². The van der Waals surface area contributed by atoms with Crippen molar-refractivity contribution in [2.45, 2.75) is 26.2 Å². The Hall–Kier alpha value is -2.35. The molecule has 1 aromatic carbocycles. The van der Waals surface area contributed by atoms with Gasteiger partial charge in [-0.2, -0.15) is 0 Å². The topological polar surface area (TPSA) is 21.5 Å². The molecule has 0 unspecified atom stereocenters. The van der Waals surface area contributed by atoms with Gasteiger partial charge in [-0.15, -0.1) is 0 Å². The summed E-state index contributed by atoms with van der Waals surface area (Å²) in [5.41, 5.74) is 7.07. The molecule has 0 amide bonds. The molecule has 0 saturated carbocycles. The summed E-state index contributed by atoms with van der Waals surface area (Å²) in [7, 11) is 0. The lowest BCUT2D eigenvalue weighted by atomic mass is 9.99. The summed E-state index contributed by atoms with van der Waals surface area (Å²) in [6.07, 6.45) is 6.77. The van der Waals surface area contributed by atoms with Gasteiger partial charge in [0, 0.05) is 29.9 Å². The number of aryl methyl sites for hydroxylation is 2. The van der Waals surface area contributed by atoms with Crippen molar-refractivity contribution in [3.05, 3.63) is 65.5 Å². The van der Waals surface area contributed by atoms with Crippen molar-refractivity contribution in [2.75, 3.05) is 0 Å². The van der Waals surface area contributed by atoms with Crippen LogP contribution in [0.3, 0.4) is 0 Å². The van der Waals surface area contributed by atoms with Crippen molar-refractivity contribution in [1.82, 2.24) is 4.40 Å². The third kappa shape index (κ3) is 1.90. The van der Waals surface area contributed by atoms with Gasteiger partial charge < -0.3 is 4.40 Å². The van der Waals surface area contributed by atoms with Crippen LogP contribution in [0.5, 0.6) is 0 Å². The Morgan fingerprint density at radius 1 is 1.00 bits per heavy atom. The Morgan fingerprint density at radius 3 is 2.62 bits per heavy atom. The van der Waals surface area contributed by atoms with Crippen LogP contribution in [0.25, 0.3) is 16.6 Å². The van der Waals surface area contributed by atoms with E-state index in [1.54, 1.807) is 0 Å². The van der Waals surface area contributed by atoms with Crippen LogP contribution in [0, 0.1) is 6.92 Å². The van der Waals surface area contributed by atoms with Gasteiger partial charge in [0.15, 0.2) is 5.78 Å². The highest BCUT2D eigenvalue weighted by molar-refractivity contribution is 6.04. The lowest BCUT2D eigenvalue weighted by molar-refractivity contribution is 0.0983. The number of hydrogen-bond donors (Lipinski definition) is 0. The Balaban J connectivity index is 2.02. The predicted octanol–water partition coefficient (Wildman–Crippen LogP) is 4.43. The highest BCUT2D eigenvalue weighted by atomic mass is 16.1. The lowest BCUT2D eigenvalue weighted by Gasteiger charge is -2.04. The molecule has 0 spiro atoms. The van der Waals surface area contributed by atoms with Crippen LogP contribution >= 0.6 is 0 Å². The standard InChI is InChI=1S/C19H17NO/c1-13-7-9-14(10-8-13)17-12-20-11-3-5-16-18(21)6-2-4-15(17)19(16)20/h3,5,7-12H,2,4,6H2,1H3. The van der Waals surface area contributed by atoms with Gasteiger partial charge in [0.25, 0.3) is 0 Å². The maximum Gasteiger partial charge on any atom is 0.165 e. The van der Waals surface area contributed by atoms with Gasteiger partial charge in [0.05, 0.1) is 5.52 Å². The SMILES string of the molecule is Cc1ccc(-c2cn3cccc4c3c2CCCC4=O)cc1. The fourth-order valence-corrected chi connectivity index (χ4v) is 3.32. The van der Waals surface area contributed by atoms with Gasteiger partial charge in [0.1, 0.15) is 0 Å². The second kappa shape index (κ2) is 4.59. The second-order valence-electron chi connectivity index (χ2n) is 5.84. The fraction of sp³-hybridized carbons (Fsp3) is 0.211. The summed E-state index contributed by atoms with van der Waals surface area (Å²) < 4.78 is 2.11. The van der Waals surface area contributed by atoms with Crippen LogP contribution in [0.15, 0.2) is 48.8 Å². The Kier molecular flexibility index (Phi) is 2.71. The number of pyridine rings is 1. The average Bonchev–Trinajstić information content (AvgIpc) is 2.77. The van der Waals surface area contributed by atoms with Crippen molar-refractivity contribution < 1.29 is 4.79 Å². The molecule has 2 nitrogen and oxygen atoms in total. The molecule has 3 aromatic rings. The van der Waals surface area contributed by atoms with E-state index in [0.717, 1.165) is 23.9 Å². The van der Waals surface area contributed by atoms with Crippen molar-refractivity contribution >= 4 is 11.3 Å². The van der Waals surface area contributed by atoms with Gasteiger partial charge in [-0.05, 0) is 43.0 Å². The summed E-state index contributed by atoms with van der Waals surface area (Å²) in [6.45, 7) is 2.10. The van der Waals surface area contributed by atoms with Crippen LogP contribution in [-0.2, 0) is 6.42 Å². The van der Waals surface area contributed by atoms with Crippen LogP contribution in [0.2, 0.25) is 0 Å². The summed E-state index contributed by atoms with van der Waals surface area (Å²) in [5.74, 6) is 0.271. The smallest absolute Gasteiger partial charge is 0.165 e. The van der Waals surface area contributed by atoms with Crippen molar-refractivity contribution in [3.8, 4) is 11.1 Å². The molecule has 1 aliphatic carbocycles. The number of aromatic nitrogens is 1. The lowest BCUT2D eigenvalue weighted by Crippen LogP contribution is -1.99. The van der Waals surface area contributed by atoms with Crippen molar-refractivity contribution in [3.63, 3.8) is 0 Å². The first-order chi connectivity index (χ1) is 10.2.